The Morgan fingerprint density at radius 2 is 1.85 bits per heavy atom. The molecule has 0 radical (unpaired) electrons. The van der Waals surface area contributed by atoms with Crippen LogP contribution in [-0.2, 0) is 18.0 Å². The Kier molecular flexibility index (Phi) is 4.30. The first kappa shape index (κ1) is 16.2. The second kappa shape index (κ2) is 6.91. The van der Waals surface area contributed by atoms with Crippen LogP contribution in [-0.4, -0.2) is 17.1 Å². The van der Waals surface area contributed by atoms with E-state index in [4.69, 9.17) is 15.9 Å². The predicted octanol–water partition coefficient (Wildman–Crippen LogP) is 4.42. The molecule has 2 heterocycles. The van der Waals surface area contributed by atoms with E-state index in [0.717, 1.165) is 38.7 Å². The molecule has 2 aromatic heterocycles. The van der Waals surface area contributed by atoms with Gasteiger partial charge in [0.2, 0.25) is 0 Å². The molecule has 0 bridgehead atoms. The van der Waals surface area contributed by atoms with Crippen molar-refractivity contribution in [1.29, 1.82) is 0 Å². The molecule has 0 aliphatic rings. The predicted molar refractivity (Wildman–Crippen MR) is 103 cm³/mol. The standard InChI is InChI=1S/C22H18N2O2/c1-3-17-16(14-25-2)21-19(12-23-17)24-18-10-7-11-20(22(18)21)26-13-15-8-5-4-6-9-15/h1,4-12,24H,13-14H2,2H3. The summed E-state index contributed by atoms with van der Waals surface area (Å²) < 4.78 is 11.5. The summed E-state index contributed by atoms with van der Waals surface area (Å²) in [6.45, 7) is 0.892. The molecule has 0 spiro atoms. The number of nitrogens with zero attached hydrogens (tertiary/aromatic N) is 1. The minimum atomic E-state index is 0.393. The third-order valence-corrected chi connectivity index (χ3v) is 4.39. The lowest BCUT2D eigenvalue weighted by molar-refractivity contribution is 0.185. The highest BCUT2D eigenvalue weighted by Gasteiger charge is 2.16. The number of hydrogen-bond acceptors (Lipinski definition) is 3. The normalized spacial score (nSPS) is 10.9. The van der Waals surface area contributed by atoms with Gasteiger partial charge in [0.15, 0.2) is 0 Å². The van der Waals surface area contributed by atoms with Gasteiger partial charge < -0.3 is 14.5 Å². The Morgan fingerprint density at radius 3 is 2.62 bits per heavy atom. The van der Waals surface area contributed by atoms with Crippen LogP contribution in [0, 0.1) is 12.3 Å². The zero-order chi connectivity index (χ0) is 17.9. The van der Waals surface area contributed by atoms with Gasteiger partial charge in [-0.15, -0.1) is 6.42 Å². The van der Waals surface area contributed by atoms with Crippen LogP contribution in [0.1, 0.15) is 16.8 Å². The Labute approximate surface area is 151 Å². The topological polar surface area (TPSA) is 47.1 Å². The Balaban J connectivity index is 1.88. The zero-order valence-electron chi connectivity index (χ0n) is 14.5. The molecule has 0 aliphatic carbocycles. The average Bonchev–Trinajstić information content (AvgIpc) is 3.07. The van der Waals surface area contributed by atoms with E-state index in [0.29, 0.717) is 18.9 Å². The number of benzene rings is 2. The number of aromatic amines is 1. The van der Waals surface area contributed by atoms with Crippen LogP contribution in [0.3, 0.4) is 0 Å². The second-order valence-corrected chi connectivity index (χ2v) is 6.03. The van der Waals surface area contributed by atoms with Gasteiger partial charge in [-0.1, -0.05) is 36.4 Å². The molecular formula is C22H18N2O2. The Morgan fingerprint density at radius 1 is 1.00 bits per heavy atom. The summed E-state index contributed by atoms with van der Waals surface area (Å²) in [4.78, 5) is 7.77. The molecule has 0 fully saturated rings. The largest absolute Gasteiger partial charge is 0.488 e. The average molecular weight is 342 g/mol. The number of fused-ring (bicyclic) bond motifs is 3. The molecule has 26 heavy (non-hydrogen) atoms. The van der Waals surface area contributed by atoms with Crippen molar-refractivity contribution < 1.29 is 9.47 Å². The molecule has 0 unspecified atom stereocenters. The summed E-state index contributed by atoms with van der Waals surface area (Å²) in [5.41, 5.74) is 4.51. The van der Waals surface area contributed by atoms with Crippen LogP contribution in [0.15, 0.2) is 54.7 Å². The van der Waals surface area contributed by atoms with Gasteiger partial charge in [0, 0.05) is 23.4 Å². The lowest BCUT2D eigenvalue weighted by Gasteiger charge is -2.10. The van der Waals surface area contributed by atoms with Crippen LogP contribution in [0.4, 0.5) is 0 Å². The molecule has 4 rings (SSSR count). The summed E-state index contributed by atoms with van der Waals surface area (Å²) in [6.07, 6.45) is 7.42. The maximum Gasteiger partial charge on any atom is 0.129 e. The van der Waals surface area contributed by atoms with Gasteiger partial charge in [0.1, 0.15) is 18.1 Å². The maximum absolute atomic E-state index is 6.15. The smallest absolute Gasteiger partial charge is 0.129 e. The summed E-state index contributed by atoms with van der Waals surface area (Å²) >= 11 is 0. The fourth-order valence-electron chi connectivity index (χ4n) is 3.24. The van der Waals surface area contributed by atoms with E-state index in [-0.39, 0.29) is 0 Å². The summed E-state index contributed by atoms with van der Waals surface area (Å²) in [5, 5.41) is 2.01. The van der Waals surface area contributed by atoms with Gasteiger partial charge in [-0.2, -0.15) is 0 Å². The molecule has 0 saturated heterocycles. The Hall–Kier alpha value is -3.29. The lowest BCUT2D eigenvalue weighted by Crippen LogP contribution is -1.98. The third-order valence-electron chi connectivity index (χ3n) is 4.39. The van der Waals surface area contributed by atoms with Crippen molar-refractivity contribution in [1.82, 2.24) is 9.97 Å². The van der Waals surface area contributed by atoms with Crippen LogP contribution in [0.25, 0.3) is 21.8 Å². The molecule has 0 atom stereocenters. The van der Waals surface area contributed by atoms with Crippen molar-refractivity contribution in [2.45, 2.75) is 13.2 Å². The second-order valence-electron chi connectivity index (χ2n) is 6.03. The first-order chi connectivity index (χ1) is 12.8. The van der Waals surface area contributed by atoms with E-state index < -0.39 is 0 Å². The Bertz CT molecular complexity index is 1110. The highest BCUT2D eigenvalue weighted by Crippen LogP contribution is 2.36. The highest BCUT2D eigenvalue weighted by atomic mass is 16.5. The number of methoxy groups -OCH3 is 1. The molecule has 0 amide bonds. The van der Waals surface area contributed by atoms with E-state index in [2.05, 4.69) is 15.9 Å². The SMILES string of the molecule is C#Cc1ncc2[nH]c3cccc(OCc4ccccc4)c3c2c1COC. The fraction of sp³-hybridized carbons (Fsp3) is 0.136. The minimum Gasteiger partial charge on any atom is -0.488 e. The number of terminal acetylenes is 1. The quantitative estimate of drug-likeness (QED) is 0.546. The molecular weight excluding hydrogens is 324 g/mol. The number of pyridine rings is 1. The van der Waals surface area contributed by atoms with Crippen molar-refractivity contribution in [3.05, 3.63) is 71.5 Å². The zero-order valence-corrected chi connectivity index (χ0v) is 14.5. The molecule has 4 nitrogen and oxygen atoms in total. The molecule has 128 valence electrons. The van der Waals surface area contributed by atoms with E-state index in [1.807, 2.05) is 48.5 Å². The molecule has 2 aromatic carbocycles. The number of ether oxygens (including phenoxy) is 2. The van der Waals surface area contributed by atoms with Crippen molar-refractivity contribution in [3.63, 3.8) is 0 Å². The molecule has 4 aromatic rings. The highest BCUT2D eigenvalue weighted by molar-refractivity contribution is 6.12. The number of H-pyrrole nitrogens is 1. The van der Waals surface area contributed by atoms with Gasteiger partial charge in [-0.25, -0.2) is 4.98 Å². The first-order valence-electron chi connectivity index (χ1n) is 8.36. The first-order valence-corrected chi connectivity index (χ1v) is 8.36. The number of rotatable bonds is 5. The molecule has 0 aliphatic heterocycles. The number of nitrogens with one attached hydrogen (secondary N) is 1. The minimum absolute atomic E-state index is 0.393. The van der Waals surface area contributed by atoms with E-state index in [1.54, 1.807) is 13.3 Å². The lowest BCUT2D eigenvalue weighted by atomic mass is 10.1. The monoisotopic (exact) mass is 342 g/mol. The van der Waals surface area contributed by atoms with Gasteiger partial charge in [-0.05, 0) is 23.6 Å². The van der Waals surface area contributed by atoms with E-state index in [1.165, 1.54) is 0 Å². The number of aromatic nitrogens is 2. The van der Waals surface area contributed by atoms with Gasteiger partial charge in [0.25, 0.3) is 0 Å². The molecule has 1 N–H and O–H groups in total. The fourth-order valence-corrected chi connectivity index (χ4v) is 3.24. The summed E-state index contributed by atoms with van der Waals surface area (Å²) in [6, 6.07) is 16.1. The third kappa shape index (κ3) is 2.79. The van der Waals surface area contributed by atoms with Crippen molar-refractivity contribution >= 4 is 21.8 Å². The van der Waals surface area contributed by atoms with Gasteiger partial charge in [-0.3, -0.25) is 0 Å². The molecule has 4 heteroatoms. The van der Waals surface area contributed by atoms with Crippen molar-refractivity contribution in [2.75, 3.05) is 7.11 Å². The van der Waals surface area contributed by atoms with Crippen LogP contribution >= 0.6 is 0 Å². The van der Waals surface area contributed by atoms with Crippen LogP contribution in [0.2, 0.25) is 0 Å². The van der Waals surface area contributed by atoms with Crippen molar-refractivity contribution in [2.24, 2.45) is 0 Å². The van der Waals surface area contributed by atoms with E-state index >= 15 is 0 Å². The van der Waals surface area contributed by atoms with Gasteiger partial charge >= 0.3 is 0 Å². The maximum atomic E-state index is 6.15. The number of hydrogen-bond donors (Lipinski definition) is 1. The molecule has 0 saturated carbocycles. The van der Waals surface area contributed by atoms with Crippen LogP contribution < -0.4 is 4.74 Å². The summed E-state index contributed by atoms with van der Waals surface area (Å²) in [7, 11) is 1.65. The van der Waals surface area contributed by atoms with E-state index in [9.17, 15) is 0 Å². The van der Waals surface area contributed by atoms with Gasteiger partial charge in [0.05, 0.1) is 23.8 Å². The summed E-state index contributed by atoms with van der Waals surface area (Å²) in [5.74, 6) is 3.47. The van der Waals surface area contributed by atoms with Crippen LogP contribution in [0.5, 0.6) is 5.75 Å². The van der Waals surface area contributed by atoms with Crippen molar-refractivity contribution in [3.8, 4) is 18.1 Å².